The number of amides is 3. The number of rotatable bonds is 5. The maximum absolute atomic E-state index is 12.8. The lowest BCUT2D eigenvalue weighted by Gasteiger charge is -2.29. The van der Waals surface area contributed by atoms with E-state index in [0.717, 1.165) is 11.1 Å². The van der Waals surface area contributed by atoms with Gasteiger partial charge >= 0.3 is 0 Å². The smallest absolute Gasteiger partial charge is 0.255 e. The predicted molar refractivity (Wildman–Crippen MR) is 97.1 cm³/mol. The van der Waals surface area contributed by atoms with Gasteiger partial charge < -0.3 is 16.0 Å². The third kappa shape index (κ3) is 3.50. The average molecular weight is 358 g/mol. The highest BCUT2D eigenvalue weighted by atomic mass is 16.2. The molecule has 4 N–H and O–H groups in total. The molecule has 0 aromatic heterocycles. The highest BCUT2D eigenvalue weighted by Gasteiger charge is 2.39. The number of nitrogens with zero attached hydrogens (tertiary/aromatic N) is 1. The molecule has 7 nitrogen and oxygen atoms in total. The molecule has 2 unspecified atom stereocenters. The van der Waals surface area contributed by atoms with E-state index < -0.39 is 6.04 Å². The van der Waals surface area contributed by atoms with Crippen molar-refractivity contribution in [2.24, 2.45) is 5.73 Å². The Kier molecular flexibility index (Phi) is 4.86. The van der Waals surface area contributed by atoms with E-state index in [4.69, 9.17) is 5.73 Å². The van der Waals surface area contributed by atoms with E-state index in [1.54, 1.807) is 11.0 Å². The summed E-state index contributed by atoms with van der Waals surface area (Å²) in [5, 5.41) is 5.74. The first-order chi connectivity index (χ1) is 12.2. The first-order valence-corrected chi connectivity index (χ1v) is 8.96. The van der Waals surface area contributed by atoms with E-state index in [9.17, 15) is 14.4 Å². The van der Waals surface area contributed by atoms with Gasteiger partial charge in [-0.25, -0.2) is 0 Å². The Labute approximate surface area is 153 Å². The molecule has 2 heterocycles. The highest BCUT2D eigenvalue weighted by Crippen LogP contribution is 2.29. The van der Waals surface area contributed by atoms with Crippen LogP contribution in [0.4, 0.5) is 0 Å². The Morgan fingerprint density at radius 2 is 2.08 bits per heavy atom. The lowest BCUT2D eigenvalue weighted by molar-refractivity contribution is -0.136. The number of imide groups is 1. The third-order valence-corrected chi connectivity index (χ3v) is 5.39. The van der Waals surface area contributed by atoms with E-state index in [1.165, 1.54) is 0 Å². The van der Waals surface area contributed by atoms with E-state index in [1.807, 2.05) is 32.9 Å². The van der Waals surface area contributed by atoms with Crippen molar-refractivity contribution in [2.45, 2.75) is 64.3 Å². The molecule has 1 saturated heterocycles. The third-order valence-electron chi connectivity index (χ3n) is 5.39. The summed E-state index contributed by atoms with van der Waals surface area (Å²) in [5.41, 5.74) is 8.38. The van der Waals surface area contributed by atoms with Crippen LogP contribution in [0.25, 0.3) is 0 Å². The van der Waals surface area contributed by atoms with Crippen LogP contribution < -0.4 is 16.4 Å². The van der Waals surface area contributed by atoms with Gasteiger partial charge in [-0.3, -0.25) is 19.7 Å². The van der Waals surface area contributed by atoms with E-state index in [-0.39, 0.29) is 35.7 Å². The molecular formula is C19H26N4O3. The van der Waals surface area contributed by atoms with Gasteiger partial charge in [0, 0.05) is 36.7 Å². The van der Waals surface area contributed by atoms with Crippen molar-refractivity contribution >= 4 is 17.7 Å². The number of carbonyl (C=O) groups is 3. The van der Waals surface area contributed by atoms with Gasteiger partial charge in [-0.05, 0) is 44.4 Å². The number of benzene rings is 1. The average Bonchev–Trinajstić information content (AvgIpc) is 2.89. The summed E-state index contributed by atoms with van der Waals surface area (Å²) in [6.45, 7) is 6.95. The highest BCUT2D eigenvalue weighted by molar-refractivity contribution is 6.05. The molecule has 1 aromatic carbocycles. The maximum atomic E-state index is 12.8. The summed E-state index contributed by atoms with van der Waals surface area (Å²) in [7, 11) is 0. The van der Waals surface area contributed by atoms with Crippen LogP contribution in [0.2, 0.25) is 0 Å². The Morgan fingerprint density at radius 1 is 1.35 bits per heavy atom. The molecular weight excluding hydrogens is 332 g/mol. The molecule has 1 aromatic rings. The van der Waals surface area contributed by atoms with E-state index in [0.29, 0.717) is 25.1 Å². The minimum Gasteiger partial charge on any atom is -0.324 e. The molecule has 26 heavy (non-hydrogen) atoms. The lowest BCUT2D eigenvalue weighted by atomic mass is 9.96. The molecule has 0 saturated carbocycles. The van der Waals surface area contributed by atoms with Gasteiger partial charge in [0.25, 0.3) is 5.91 Å². The fourth-order valence-electron chi connectivity index (χ4n) is 3.34. The van der Waals surface area contributed by atoms with Crippen LogP contribution in [0.1, 0.15) is 55.1 Å². The monoisotopic (exact) mass is 358 g/mol. The second kappa shape index (κ2) is 6.81. The molecule has 2 atom stereocenters. The molecule has 7 heteroatoms. The number of fused-ring (bicyclic) bond motifs is 1. The van der Waals surface area contributed by atoms with Crippen molar-refractivity contribution in [1.82, 2.24) is 15.5 Å². The molecule has 0 radical (unpaired) electrons. The van der Waals surface area contributed by atoms with Gasteiger partial charge in [0.1, 0.15) is 6.04 Å². The van der Waals surface area contributed by atoms with Gasteiger partial charge in [0.2, 0.25) is 11.8 Å². The van der Waals surface area contributed by atoms with Crippen LogP contribution in [0.5, 0.6) is 0 Å². The summed E-state index contributed by atoms with van der Waals surface area (Å²) in [6.07, 6.45) is 0.629. The van der Waals surface area contributed by atoms with Gasteiger partial charge in [-0.1, -0.05) is 12.1 Å². The van der Waals surface area contributed by atoms with Crippen LogP contribution in [0, 0.1) is 0 Å². The van der Waals surface area contributed by atoms with Crippen molar-refractivity contribution in [3.05, 3.63) is 34.9 Å². The van der Waals surface area contributed by atoms with Crippen LogP contribution in [0.15, 0.2) is 18.2 Å². The first-order valence-electron chi connectivity index (χ1n) is 8.96. The lowest BCUT2D eigenvalue weighted by Crippen LogP contribution is -2.52. The number of hydrogen-bond donors (Lipinski definition) is 3. The summed E-state index contributed by atoms with van der Waals surface area (Å²) < 4.78 is 0. The summed E-state index contributed by atoms with van der Waals surface area (Å²) in [5.74, 6) is -0.817. The number of nitrogens with one attached hydrogen (secondary N) is 2. The number of hydrogen-bond acceptors (Lipinski definition) is 5. The maximum Gasteiger partial charge on any atom is 0.255 e. The van der Waals surface area contributed by atoms with Crippen molar-refractivity contribution < 1.29 is 14.4 Å². The van der Waals surface area contributed by atoms with E-state index >= 15 is 0 Å². The summed E-state index contributed by atoms with van der Waals surface area (Å²) in [6, 6.07) is 5.16. The minimum atomic E-state index is -0.588. The second-order valence-electron chi connectivity index (χ2n) is 7.77. The van der Waals surface area contributed by atoms with Crippen molar-refractivity contribution in [3.8, 4) is 0 Å². The van der Waals surface area contributed by atoms with E-state index in [2.05, 4.69) is 10.6 Å². The van der Waals surface area contributed by atoms with Gasteiger partial charge in [0.15, 0.2) is 0 Å². The summed E-state index contributed by atoms with van der Waals surface area (Å²) in [4.78, 5) is 37.9. The van der Waals surface area contributed by atoms with Crippen molar-refractivity contribution in [3.63, 3.8) is 0 Å². The minimum absolute atomic E-state index is 0.0988. The Hall–Kier alpha value is -2.25. The SMILES string of the molecule is CC(NCc1cccc2c1CN(C1CCC(=O)NC1=O)C2=O)C(C)(C)N. The number of carbonyl (C=O) groups excluding carboxylic acids is 3. The van der Waals surface area contributed by atoms with Gasteiger partial charge in [-0.2, -0.15) is 0 Å². The Morgan fingerprint density at radius 3 is 2.73 bits per heavy atom. The largest absolute Gasteiger partial charge is 0.324 e. The fourth-order valence-corrected chi connectivity index (χ4v) is 3.34. The zero-order valence-electron chi connectivity index (χ0n) is 15.5. The van der Waals surface area contributed by atoms with Crippen molar-refractivity contribution in [2.75, 3.05) is 0 Å². The summed E-state index contributed by atoms with van der Waals surface area (Å²) >= 11 is 0. The van der Waals surface area contributed by atoms with Crippen LogP contribution in [-0.2, 0) is 22.7 Å². The van der Waals surface area contributed by atoms with Crippen LogP contribution in [-0.4, -0.2) is 40.2 Å². The Bertz CT molecular complexity index is 754. The number of piperidine rings is 1. The van der Waals surface area contributed by atoms with Crippen molar-refractivity contribution in [1.29, 1.82) is 0 Å². The quantitative estimate of drug-likeness (QED) is 0.671. The predicted octanol–water partition coefficient (Wildman–Crippen LogP) is 0.663. The molecule has 0 aliphatic carbocycles. The number of nitrogens with two attached hydrogens (primary N) is 1. The topological polar surface area (TPSA) is 105 Å². The molecule has 140 valence electrons. The Balaban J connectivity index is 1.77. The molecule has 3 amide bonds. The zero-order chi connectivity index (χ0) is 19.1. The normalized spacial score (nSPS) is 21.6. The molecule has 3 rings (SSSR count). The standard InChI is InChI=1S/C19H26N4O3/c1-11(19(2,3)20)21-9-12-5-4-6-13-14(12)10-23(18(13)26)15-7-8-16(24)22-17(15)25/h4-6,11,15,21H,7-10,20H2,1-3H3,(H,22,24,25). The zero-order valence-corrected chi connectivity index (χ0v) is 15.5. The first kappa shape index (κ1) is 18.5. The second-order valence-corrected chi connectivity index (χ2v) is 7.77. The molecule has 2 aliphatic rings. The van der Waals surface area contributed by atoms with Crippen LogP contribution >= 0.6 is 0 Å². The molecule has 0 spiro atoms. The van der Waals surface area contributed by atoms with Gasteiger partial charge in [-0.15, -0.1) is 0 Å². The molecule has 0 bridgehead atoms. The van der Waals surface area contributed by atoms with Crippen LogP contribution in [0.3, 0.4) is 0 Å². The molecule has 2 aliphatic heterocycles. The molecule has 1 fully saturated rings. The fraction of sp³-hybridized carbons (Fsp3) is 0.526. The van der Waals surface area contributed by atoms with Gasteiger partial charge in [0.05, 0.1) is 0 Å².